The van der Waals surface area contributed by atoms with Crippen molar-refractivity contribution in [2.45, 2.75) is 31.1 Å². The smallest absolute Gasteiger partial charge is 0.240 e. The van der Waals surface area contributed by atoms with Crippen LogP contribution in [0, 0.1) is 12.8 Å². The van der Waals surface area contributed by atoms with E-state index in [1.165, 1.54) is 5.56 Å². The molecule has 4 rings (SSSR count). The summed E-state index contributed by atoms with van der Waals surface area (Å²) in [7, 11) is -3.54. The van der Waals surface area contributed by atoms with Crippen LogP contribution in [0.15, 0.2) is 83.8 Å². The lowest BCUT2D eigenvalue weighted by molar-refractivity contribution is -0.117. The van der Waals surface area contributed by atoms with Gasteiger partial charge in [-0.15, -0.1) is 0 Å². The number of para-hydroxylation sites is 1. The molecule has 6 nitrogen and oxygen atoms in total. The highest BCUT2D eigenvalue weighted by Crippen LogP contribution is 2.20. The largest absolute Gasteiger partial charge is 0.325 e. The first-order valence-corrected chi connectivity index (χ1v) is 13.6. The Morgan fingerprint density at radius 3 is 2.46 bits per heavy atom. The summed E-state index contributed by atoms with van der Waals surface area (Å²) in [6.07, 6.45) is 2.63. The minimum atomic E-state index is -3.54. The molecular formula is C28H33N3O3S. The first kappa shape index (κ1) is 25.1. The van der Waals surface area contributed by atoms with E-state index in [1.807, 2.05) is 49.4 Å². The summed E-state index contributed by atoms with van der Waals surface area (Å²) in [5.41, 5.74) is 4.13. The van der Waals surface area contributed by atoms with Gasteiger partial charge in [0.2, 0.25) is 15.9 Å². The summed E-state index contributed by atoms with van der Waals surface area (Å²) >= 11 is 0. The monoisotopic (exact) mass is 491 g/mol. The van der Waals surface area contributed by atoms with E-state index in [9.17, 15) is 13.2 Å². The van der Waals surface area contributed by atoms with Gasteiger partial charge in [0.25, 0.3) is 0 Å². The molecule has 35 heavy (non-hydrogen) atoms. The maximum Gasteiger partial charge on any atom is 0.240 e. The number of rotatable bonds is 9. The van der Waals surface area contributed by atoms with Crippen LogP contribution in [-0.2, 0) is 21.2 Å². The minimum Gasteiger partial charge on any atom is -0.325 e. The van der Waals surface area contributed by atoms with E-state index < -0.39 is 10.0 Å². The number of nitrogens with one attached hydrogen (secondary N) is 2. The van der Waals surface area contributed by atoms with Crippen molar-refractivity contribution in [2.24, 2.45) is 5.92 Å². The highest BCUT2D eigenvalue weighted by molar-refractivity contribution is 7.89. The molecule has 0 spiro atoms. The van der Waals surface area contributed by atoms with Gasteiger partial charge in [0.15, 0.2) is 0 Å². The predicted molar refractivity (Wildman–Crippen MR) is 140 cm³/mol. The Balaban J connectivity index is 1.30. The standard InChI is InChI=1S/C28H33N3O3S/c1-22-13-15-26(16-14-22)35(33,34)29-19-24-10-7-17-31(20-24)21-28(32)30-27-12-6-5-11-25(27)18-23-8-3-2-4-9-23/h2-6,8-9,11-16,24,29H,7,10,17-21H2,1H3,(H,30,32). The van der Waals surface area contributed by atoms with Gasteiger partial charge in [-0.1, -0.05) is 66.2 Å². The maximum atomic E-state index is 12.9. The SMILES string of the molecule is Cc1ccc(S(=O)(=O)NCC2CCCN(CC(=O)Nc3ccccc3Cc3ccccc3)C2)cc1. The molecule has 7 heteroatoms. The van der Waals surface area contributed by atoms with E-state index in [1.54, 1.807) is 24.3 Å². The van der Waals surface area contributed by atoms with Gasteiger partial charge in [0.05, 0.1) is 11.4 Å². The summed E-state index contributed by atoms with van der Waals surface area (Å²) in [6.45, 7) is 4.11. The zero-order valence-corrected chi connectivity index (χ0v) is 20.9. The number of amides is 1. The summed E-state index contributed by atoms with van der Waals surface area (Å²) in [5, 5.41) is 3.08. The van der Waals surface area contributed by atoms with E-state index in [2.05, 4.69) is 27.1 Å². The summed E-state index contributed by atoms with van der Waals surface area (Å²) in [5.74, 6) is 0.119. The zero-order valence-electron chi connectivity index (χ0n) is 20.1. The normalized spacial score (nSPS) is 16.7. The molecule has 1 aliphatic rings. The summed E-state index contributed by atoms with van der Waals surface area (Å²) in [4.78, 5) is 15.3. The molecule has 0 aliphatic carbocycles. The number of hydrogen-bond acceptors (Lipinski definition) is 4. The maximum absolute atomic E-state index is 12.9. The molecule has 3 aromatic rings. The highest BCUT2D eigenvalue weighted by Gasteiger charge is 2.24. The van der Waals surface area contributed by atoms with Crippen molar-refractivity contribution >= 4 is 21.6 Å². The van der Waals surface area contributed by atoms with E-state index >= 15 is 0 Å². The van der Waals surface area contributed by atoms with Gasteiger partial charge in [-0.3, -0.25) is 9.69 Å². The second-order valence-corrected chi connectivity index (χ2v) is 11.0. The van der Waals surface area contributed by atoms with Gasteiger partial charge in [-0.05, 0) is 68.0 Å². The van der Waals surface area contributed by atoms with Gasteiger partial charge in [0.1, 0.15) is 0 Å². The Hall–Kier alpha value is -3.00. The zero-order chi connectivity index (χ0) is 24.7. The average molecular weight is 492 g/mol. The Bertz CT molecular complexity index is 1230. The molecule has 1 unspecified atom stereocenters. The second kappa shape index (κ2) is 11.6. The fraction of sp³-hybridized carbons (Fsp3) is 0.321. The molecule has 1 amide bonds. The van der Waals surface area contributed by atoms with Crippen molar-refractivity contribution in [3.63, 3.8) is 0 Å². The van der Waals surface area contributed by atoms with Crippen LogP contribution in [0.5, 0.6) is 0 Å². The van der Waals surface area contributed by atoms with Gasteiger partial charge in [-0.2, -0.15) is 0 Å². The predicted octanol–water partition coefficient (Wildman–Crippen LogP) is 4.21. The van der Waals surface area contributed by atoms with Crippen molar-refractivity contribution in [2.75, 3.05) is 31.5 Å². The number of carbonyl (C=O) groups excluding carboxylic acids is 1. The summed E-state index contributed by atoms with van der Waals surface area (Å²) in [6, 6.07) is 25.0. The number of aryl methyl sites for hydroxylation is 1. The Labute approximate surface area is 208 Å². The van der Waals surface area contributed by atoms with Crippen LogP contribution in [0.1, 0.15) is 29.5 Å². The Kier molecular flexibility index (Phi) is 8.33. The highest BCUT2D eigenvalue weighted by atomic mass is 32.2. The number of benzene rings is 3. The average Bonchev–Trinajstić information content (AvgIpc) is 2.85. The van der Waals surface area contributed by atoms with Gasteiger partial charge < -0.3 is 5.32 Å². The molecule has 184 valence electrons. The third kappa shape index (κ3) is 7.24. The topological polar surface area (TPSA) is 78.5 Å². The fourth-order valence-corrected chi connectivity index (χ4v) is 5.61. The van der Waals surface area contributed by atoms with E-state index in [-0.39, 0.29) is 16.7 Å². The number of nitrogens with zero attached hydrogens (tertiary/aromatic N) is 1. The molecule has 0 saturated carbocycles. The Morgan fingerprint density at radius 1 is 0.971 bits per heavy atom. The van der Waals surface area contributed by atoms with Crippen LogP contribution in [-0.4, -0.2) is 45.4 Å². The van der Waals surface area contributed by atoms with Crippen LogP contribution in [0.3, 0.4) is 0 Å². The van der Waals surface area contributed by atoms with E-state index in [0.717, 1.165) is 42.6 Å². The molecule has 1 heterocycles. The van der Waals surface area contributed by atoms with E-state index in [4.69, 9.17) is 0 Å². The van der Waals surface area contributed by atoms with E-state index in [0.29, 0.717) is 19.6 Å². The third-order valence-corrected chi connectivity index (χ3v) is 7.83. The van der Waals surface area contributed by atoms with Crippen molar-refractivity contribution in [3.05, 3.63) is 95.6 Å². The third-order valence-electron chi connectivity index (χ3n) is 6.39. The van der Waals surface area contributed by atoms with Crippen LogP contribution < -0.4 is 10.0 Å². The molecule has 1 atom stereocenters. The number of hydrogen-bond donors (Lipinski definition) is 2. The van der Waals surface area contributed by atoms with Crippen LogP contribution >= 0.6 is 0 Å². The van der Waals surface area contributed by atoms with Crippen LogP contribution in [0.2, 0.25) is 0 Å². The number of anilines is 1. The lowest BCUT2D eigenvalue weighted by Crippen LogP contribution is -2.43. The first-order chi connectivity index (χ1) is 16.9. The van der Waals surface area contributed by atoms with Gasteiger partial charge in [-0.25, -0.2) is 13.1 Å². The lowest BCUT2D eigenvalue weighted by atomic mass is 9.98. The van der Waals surface area contributed by atoms with Crippen molar-refractivity contribution < 1.29 is 13.2 Å². The molecule has 1 aliphatic heterocycles. The molecule has 3 aromatic carbocycles. The molecule has 2 N–H and O–H groups in total. The van der Waals surface area contributed by atoms with Crippen LogP contribution in [0.25, 0.3) is 0 Å². The van der Waals surface area contributed by atoms with Crippen molar-refractivity contribution in [1.29, 1.82) is 0 Å². The molecule has 1 fully saturated rings. The summed E-state index contributed by atoms with van der Waals surface area (Å²) < 4.78 is 28.0. The molecule has 0 aromatic heterocycles. The van der Waals surface area contributed by atoms with Gasteiger partial charge >= 0.3 is 0 Å². The molecule has 1 saturated heterocycles. The number of piperidine rings is 1. The van der Waals surface area contributed by atoms with Crippen LogP contribution in [0.4, 0.5) is 5.69 Å². The molecule has 0 radical (unpaired) electrons. The molecular weight excluding hydrogens is 458 g/mol. The van der Waals surface area contributed by atoms with Crippen molar-refractivity contribution in [3.8, 4) is 0 Å². The quantitative estimate of drug-likeness (QED) is 0.470. The second-order valence-electron chi connectivity index (χ2n) is 9.28. The Morgan fingerprint density at radius 2 is 1.69 bits per heavy atom. The lowest BCUT2D eigenvalue weighted by Gasteiger charge is -2.32. The number of carbonyl (C=O) groups is 1. The number of sulfonamides is 1. The first-order valence-electron chi connectivity index (χ1n) is 12.1. The van der Waals surface area contributed by atoms with Gasteiger partial charge in [0, 0.05) is 18.8 Å². The minimum absolute atomic E-state index is 0.0496. The number of likely N-dealkylation sites (tertiary alicyclic amines) is 1. The molecule has 0 bridgehead atoms. The fourth-order valence-electron chi connectivity index (χ4n) is 4.49. The van der Waals surface area contributed by atoms with Crippen molar-refractivity contribution in [1.82, 2.24) is 9.62 Å².